The molecule has 0 aromatic heterocycles. The van der Waals surface area contributed by atoms with E-state index in [1.807, 2.05) is 6.08 Å². The predicted molar refractivity (Wildman–Crippen MR) is 352 cm³/mol. The molecule has 0 heterocycles. The normalized spacial score (nSPS) is 12.8. The van der Waals surface area contributed by atoms with E-state index in [9.17, 15) is 19.8 Å². The van der Waals surface area contributed by atoms with Gasteiger partial charge < -0.3 is 20.3 Å². The highest BCUT2D eigenvalue weighted by atomic mass is 16.5. The maximum absolute atomic E-state index is 12.5. The predicted octanol–water partition coefficient (Wildman–Crippen LogP) is 23.3. The quantitative estimate of drug-likeness (QED) is 0.0320. The van der Waals surface area contributed by atoms with Crippen LogP contribution in [0, 0.1) is 0 Å². The minimum Gasteiger partial charge on any atom is -0.466 e. The summed E-state index contributed by atoms with van der Waals surface area (Å²) in [4.78, 5) is 24.6. The molecule has 80 heavy (non-hydrogen) atoms. The summed E-state index contributed by atoms with van der Waals surface area (Å²) in [5, 5.41) is 23.3. The molecule has 6 heteroatoms. The number of carbonyl (C=O) groups is 2. The molecule has 2 unspecified atom stereocenters. The minimum atomic E-state index is -0.848. The Balaban J connectivity index is 3.42. The molecular formula is C74H139NO5. The van der Waals surface area contributed by atoms with Gasteiger partial charge in [-0.25, -0.2) is 0 Å². The molecule has 0 aromatic carbocycles. The Bertz CT molecular complexity index is 1340. The van der Waals surface area contributed by atoms with Crippen LogP contribution in [0.2, 0.25) is 0 Å². The van der Waals surface area contributed by atoms with Crippen LogP contribution in [0.15, 0.2) is 48.6 Å². The van der Waals surface area contributed by atoms with Gasteiger partial charge in [0.25, 0.3) is 0 Å². The van der Waals surface area contributed by atoms with Crippen LogP contribution in [0.3, 0.4) is 0 Å². The van der Waals surface area contributed by atoms with Crippen LogP contribution in [-0.4, -0.2) is 47.4 Å². The first-order valence-corrected chi connectivity index (χ1v) is 35.9. The number of ether oxygens (including phenoxy) is 1. The molecule has 0 spiro atoms. The number of allylic oxidation sites excluding steroid dienone is 7. The molecule has 0 saturated carbocycles. The van der Waals surface area contributed by atoms with Crippen molar-refractivity contribution >= 4 is 11.9 Å². The average molecular weight is 1120 g/mol. The van der Waals surface area contributed by atoms with Crippen molar-refractivity contribution in [2.45, 2.75) is 398 Å². The molecule has 6 nitrogen and oxygen atoms in total. The maximum atomic E-state index is 12.5. The van der Waals surface area contributed by atoms with Gasteiger partial charge in [-0.3, -0.25) is 9.59 Å². The van der Waals surface area contributed by atoms with Crippen molar-refractivity contribution in [3.05, 3.63) is 48.6 Å². The van der Waals surface area contributed by atoms with Crippen molar-refractivity contribution in [3.8, 4) is 0 Å². The van der Waals surface area contributed by atoms with E-state index in [0.29, 0.717) is 19.4 Å². The summed E-state index contributed by atoms with van der Waals surface area (Å²) in [6.07, 6.45) is 90.4. The Morgan fingerprint density at radius 2 is 0.625 bits per heavy atom. The molecule has 0 radical (unpaired) electrons. The molecule has 0 aromatic rings. The van der Waals surface area contributed by atoms with Crippen molar-refractivity contribution < 1.29 is 24.5 Å². The summed E-state index contributed by atoms with van der Waals surface area (Å²) < 4.78 is 5.49. The van der Waals surface area contributed by atoms with E-state index in [1.165, 1.54) is 308 Å². The Kier molecular flexibility index (Phi) is 67.4. The third-order valence-electron chi connectivity index (χ3n) is 16.6. The van der Waals surface area contributed by atoms with Crippen molar-refractivity contribution in [2.75, 3.05) is 13.2 Å². The van der Waals surface area contributed by atoms with Crippen molar-refractivity contribution in [1.29, 1.82) is 0 Å². The van der Waals surface area contributed by atoms with Crippen LogP contribution in [-0.2, 0) is 14.3 Å². The Labute approximate surface area is 499 Å². The molecule has 0 rings (SSSR count). The fraction of sp³-hybridized carbons (Fsp3) is 0.865. The first-order chi connectivity index (χ1) is 39.5. The van der Waals surface area contributed by atoms with E-state index in [2.05, 4.69) is 55.6 Å². The van der Waals surface area contributed by atoms with Gasteiger partial charge in [0, 0.05) is 12.8 Å². The molecule has 0 aliphatic heterocycles. The lowest BCUT2D eigenvalue weighted by Crippen LogP contribution is -2.45. The SMILES string of the molecule is CCCCCC/C=C\C/C=C\CCCCCCCC(=O)OCCCCCCCCCCCCCC/C=C\CCCCCCCCCCCCC(=O)NC(CO)C(O)/C=C/CCCCCCCCCCCCCCCCCCCCC. The second kappa shape index (κ2) is 69.3. The number of esters is 1. The highest BCUT2D eigenvalue weighted by molar-refractivity contribution is 5.76. The summed E-state index contributed by atoms with van der Waals surface area (Å²) in [6, 6.07) is -0.631. The summed E-state index contributed by atoms with van der Waals surface area (Å²) in [5.41, 5.74) is 0. The number of carbonyl (C=O) groups excluding carboxylic acids is 2. The standard InChI is InChI=1S/C74H139NO5/c1-3-5-7-9-11-13-15-17-19-21-22-29-32-35-38-42-46-50-54-58-62-66-72(77)71(70-76)75-73(78)67-63-59-55-51-47-43-39-36-33-30-27-25-23-24-26-28-31-34-37-41-45-49-53-57-61-65-69-80-74(79)68-64-60-56-52-48-44-40-20-18-16-14-12-10-8-6-4-2/h14,16,20,23,25,40,62,66,71-72,76-77H,3-13,15,17-19,21-22,24,26-39,41-61,63-65,67-70H2,1-2H3,(H,75,78)/b16-14-,25-23-,40-20-,66-62+. The smallest absolute Gasteiger partial charge is 0.305 e. The summed E-state index contributed by atoms with van der Waals surface area (Å²) in [6.45, 7) is 4.91. The summed E-state index contributed by atoms with van der Waals surface area (Å²) in [7, 11) is 0. The Morgan fingerprint density at radius 3 is 0.975 bits per heavy atom. The zero-order chi connectivity index (χ0) is 57.8. The van der Waals surface area contributed by atoms with Gasteiger partial charge in [0.15, 0.2) is 0 Å². The topological polar surface area (TPSA) is 95.9 Å². The number of nitrogens with one attached hydrogen (secondary N) is 1. The molecule has 0 aliphatic rings. The Hall–Kier alpha value is -2.18. The molecule has 1 amide bonds. The molecular weight excluding hydrogens is 983 g/mol. The van der Waals surface area contributed by atoms with Crippen LogP contribution in [0.1, 0.15) is 386 Å². The van der Waals surface area contributed by atoms with E-state index in [4.69, 9.17) is 4.74 Å². The van der Waals surface area contributed by atoms with E-state index in [1.54, 1.807) is 6.08 Å². The summed E-state index contributed by atoms with van der Waals surface area (Å²) >= 11 is 0. The van der Waals surface area contributed by atoms with Gasteiger partial charge in [0.2, 0.25) is 5.91 Å². The number of amides is 1. The van der Waals surface area contributed by atoms with Crippen molar-refractivity contribution in [2.24, 2.45) is 0 Å². The lowest BCUT2D eigenvalue weighted by Gasteiger charge is -2.20. The third-order valence-corrected chi connectivity index (χ3v) is 16.6. The van der Waals surface area contributed by atoms with Gasteiger partial charge in [0.1, 0.15) is 0 Å². The van der Waals surface area contributed by atoms with Gasteiger partial charge in [0.05, 0.1) is 25.4 Å². The maximum Gasteiger partial charge on any atom is 0.305 e. The van der Waals surface area contributed by atoms with E-state index >= 15 is 0 Å². The first-order valence-electron chi connectivity index (χ1n) is 35.9. The second-order valence-corrected chi connectivity index (χ2v) is 24.6. The van der Waals surface area contributed by atoms with Crippen LogP contribution >= 0.6 is 0 Å². The third kappa shape index (κ3) is 65.0. The van der Waals surface area contributed by atoms with Crippen LogP contribution < -0.4 is 5.32 Å². The van der Waals surface area contributed by atoms with Gasteiger partial charge >= 0.3 is 5.97 Å². The zero-order valence-electron chi connectivity index (χ0n) is 53.8. The van der Waals surface area contributed by atoms with Crippen LogP contribution in [0.4, 0.5) is 0 Å². The van der Waals surface area contributed by atoms with Crippen molar-refractivity contribution in [1.82, 2.24) is 5.32 Å². The van der Waals surface area contributed by atoms with E-state index in [-0.39, 0.29) is 18.5 Å². The molecule has 2 atom stereocenters. The van der Waals surface area contributed by atoms with Crippen molar-refractivity contribution in [3.63, 3.8) is 0 Å². The van der Waals surface area contributed by atoms with E-state index < -0.39 is 12.1 Å². The van der Waals surface area contributed by atoms with Gasteiger partial charge in [-0.05, 0) is 89.9 Å². The van der Waals surface area contributed by atoms with Gasteiger partial charge in [-0.15, -0.1) is 0 Å². The number of hydrogen-bond donors (Lipinski definition) is 3. The summed E-state index contributed by atoms with van der Waals surface area (Å²) in [5.74, 6) is -0.0661. The average Bonchev–Trinajstić information content (AvgIpc) is 3.46. The number of rotatable bonds is 67. The molecule has 3 N–H and O–H groups in total. The van der Waals surface area contributed by atoms with E-state index in [0.717, 1.165) is 51.4 Å². The number of unbranched alkanes of at least 4 members (excludes halogenated alkanes) is 50. The fourth-order valence-corrected chi connectivity index (χ4v) is 11.1. The lowest BCUT2D eigenvalue weighted by molar-refractivity contribution is -0.143. The minimum absolute atomic E-state index is 0.000666. The van der Waals surface area contributed by atoms with Crippen LogP contribution in [0.25, 0.3) is 0 Å². The number of aliphatic hydroxyl groups excluding tert-OH is 2. The molecule has 0 saturated heterocycles. The molecule has 0 bridgehead atoms. The van der Waals surface area contributed by atoms with Gasteiger partial charge in [-0.1, -0.05) is 332 Å². The molecule has 0 aliphatic carbocycles. The second-order valence-electron chi connectivity index (χ2n) is 24.6. The number of aliphatic hydroxyl groups is 2. The zero-order valence-corrected chi connectivity index (χ0v) is 53.8. The fourth-order valence-electron chi connectivity index (χ4n) is 11.1. The van der Waals surface area contributed by atoms with Gasteiger partial charge in [-0.2, -0.15) is 0 Å². The van der Waals surface area contributed by atoms with Crippen LogP contribution in [0.5, 0.6) is 0 Å². The lowest BCUT2D eigenvalue weighted by atomic mass is 10.0. The monoisotopic (exact) mass is 1120 g/mol. The highest BCUT2D eigenvalue weighted by Crippen LogP contribution is 2.18. The Morgan fingerprint density at radius 1 is 0.350 bits per heavy atom. The largest absolute Gasteiger partial charge is 0.466 e. The first kappa shape index (κ1) is 77.8. The number of hydrogen-bond acceptors (Lipinski definition) is 5. The highest BCUT2D eigenvalue weighted by Gasteiger charge is 2.18. The molecule has 470 valence electrons. The molecule has 0 fully saturated rings.